The lowest BCUT2D eigenvalue weighted by Crippen LogP contribution is -2.46. The molecule has 0 aliphatic carbocycles. The van der Waals surface area contributed by atoms with Gasteiger partial charge in [0, 0.05) is 19.2 Å². The van der Waals surface area contributed by atoms with Gasteiger partial charge in [-0.15, -0.1) is 0 Å². The quantitative estimate of drug-likeness (QED) is 0.574. The normalized spacial score (nSPS) is 19.4. The Morgan fingerprint density at radius 1 is 1.21 bits per heavy atom. The fourth-order valence-electron chi connectivity index (χ4n) is 3.12. The number of anilines is 1. The summed E-state index contributed by atoms with van der Waals surface area (Å²) in [6, 6.07) is 5.63. The number of nitrogens with zero attached hydrogens (tertiary/aromatic N) is 3. The molecule has 2 atom stereocenters. The summed E-state index contributed by atoms with van der Waals surface area (Å²) in [6.45, 7) is 9.94. The van der Waals surface area contributed by atoms with Gasteiger partial charge in [-0.3, -0.25) is 0 Å². The van der Waals surface area contributed by atoms with Gasteiger partial charge in [0.25, 0.3) is 0 Å². The van der Waals surface area contributed by atoms with Crippen LogP contribution in [0.2, 0.25) is 0 Å². The summed E-state index contributed by atoms with van der Waals surface area (Å²) in [4.78, 5) is 14.1. The number of carbonyl (C=O) groups excluding carboxylic acids is 1. The third kappa shape index (κ3) is 4.85. The van der Waals surface area contributed by atoms with E-state index in [1.54, 1.807) is 20.8 Å². The standard InChI is InChI=1S/C20H25N3O5/c1-12-10-23(11-13(2)26-12)17-14(8-21)7-16(25-6)18(15(17)9-22)27-19(24)28-20(3,4)5/h7,12-13H,10-11H2,1-6H3. The van der Waals surface area contributed by atoms with Crippen LogP contribution in [0.25, 0.3) is 0 Å². The minimum atomic E-state index is -0.957. The fourth-order valence-corrected chi connectivity index (χ4v) is 3.12. The largest absolute Gasteiger partial charge is 0.514 e. The van der Waals surface area contributed by atoms with E-state index in [1.165, 1.54) is 13.2 Å². The number of carbonyl (C=O) groups is 1. The van der Waals surface area contributed by atoms with Gasteiger partial charge in [0.15, 0.2) is 11.5 Å². The van der Waals surface area contributed by atoms with E-state index in [0.717, 1.165) is 0 Å². The van der Waals surface area contributed by atoms with Crippen LogP contribution in [0.3, 0.4) is 0 Å². The van der Waals surface area contributed by atoms with E-state index in [0.29, 0.717) is 18.8 Å². The van der Waals surface area contributed by atoms with Gasteiger partial charge in [-0.1, -0.05) is 0 Å². The molecule has 0 bridgehead atoms. The molecule has 1 aliphatic rings. The van der Waals surface area contributed by atoms with Crippen LogP contribution in [-0.2, 0) is 9.47 Å². The molecule has 1 aromatic carbocycles. The van der Waals surface area contributed by atoms with Gasteiger partial charge in [0.2, 0.25) is 0 Å². The van der Waals surface area contributed by atoms with Crippen molar-refractivity contribution in [2.24, 2.45) is 0 Å². The Hall–Kier alpha value is -2.97. The second-order valence-electron chi connectivity index (χ2n) is 7.63. The van der Waals surface area contributed by atoms with E-state index in [9.17, 15) is 15.3 Å². The first-order chi connectivity index (χ1) is 13.1. The van der Waals surface area contributed by atoms with Crippen molar-refractivity contribution in [2.45, 2.75) is 52.4 Å². The van der Waals surface area contributed by atoms with Crippen molar-refractivity contribution in [2.75, 3.05) is 25.1 Å². The Morgan fingerprint density at radius 3 is 2.29 bits per heavy atom. The van der Waals surface area contributed by atoms with Crippen molar-refractivity contribution in [3.8, 4) is 23.6 Å². The number of rotatable bonds is 3. The third-order valence-electron chi connectivity index (χ3n) is 3.98. The molecule has 8 heteroatoms. The van der Waals surface area contributed by atoms with Crippen LogP contribution in [0, 0.1) is 22.7 Å². The van der Waals surface area contributed by atoms with E-state index < -0.39 is 11.8 Å². The zero-order chi connectivity index (χ0) is 21.1. The Balaban J connectivity index is 2.58. The van der Waals surface area contributed by atoms with Crippen LogP contribution in [0.1, 0.15) is 45.7 Å². The molecule has 2 unspecified atom stereocenters. The molecular formula is C20H25N3O5. The van der Waals surface area contributed by atoms with Crippen LogP contribution in [-0.4, -0.2) is 44.2 Å². The monoisotopic (exact) mass is 387 g/mol. The molecule has 0 aromatic heterocycles. The van der Waals surface area contributed by atoms with E-state index in [-0.39, 0.29) is 34.8 Å². The predicted octanol–water partition coefficient (Wildman–Crippen LogP) is 3.37. The first-order valence-corrected chi connectivity index (χ1v) is 8.96. The summed E-state index contributed by atoms with van der Waals surface area (Å²) in [5.74, 6) is 0.0390. The fraction of sp³-hybridized carbons (Fsp3) is 0.550. The average Bonchev–Trinajstić information content (AvgIpc) is 2.58. The third-order valence-corrected chi connectivity index (χ3v) is 3.98. The van der Waals surface area contributed by atoms with Gasteiger partial charge in [0.05, 0.1) is 30.6 Å². The molecule has 0 N–H and O–H groups in total. The Bertz CT molecular complexity index is 822. The minimum absolute atomic E-state index is 0.0445. The number of methoxy groups -OCH3 is 1. The van der Waals surface area contributed by atoms with Crippen LogP contribution < -0.4 is 14.4 Å². The van der Waals surface area contributed by atoms with Gasteiger partial charge in [-0.25, -0.2) is 4.79 Å². The molecule has 0 saturated carbocycles. The highest BCUT2D eigenvalue weighted by Crippen LogP contribution is 2.41. The molecule has 2 rings (SSSR count). The second kappa shape index (κ2) is 8.37. The highest BCUT2D eigenvalue weighted by molar-refractivity contribution is 5.79. The number of morpholine rings is 1. The molecule has 8 nitrogen and oxygen atoms in total. The zero-order valence-electron chi connectivity index (χ0n) is 17.0. The average molecular weight is 387 g/mol. The topological polar surface area (TPSA) is 105 Å². The van der Waals surface area contributed by atoms with Crippen molar-refractivity contribution in [3.63, 3.8) is 0 Å². The molecule has 150 valence electrons. The van der Waals surface area contributed by atoms with Gasteiger partial charge in [-0.05, 0) is 34.6 Å². The molecule has 0 spiro atoms. The summed E-state index contributed by atoms with van der Waals surface area (Å²) in [6.07, 6.45) is -1.13. The molecule has 1 aliphatic heterocycles. The van der Waals surface area contributed by atoms with Gasteiger partial charge in [-0.2, -0.15) is 10.5 Å². The van der Waals surface area contributed by atoms with E-state index >= 15 is 0 Å². The van der Waals surface area contributed by atoms with Crippen molar-refractivity contribution in [1.82, 2.24) is 0 Å². The van der Waals surface area contributed by atoms with Gasteiger partial charge < -0.3 is 23.8 Å². The smallest absolute Gasteiger partial charge is 0.493 e. The summed E-state index contributed by atoms with van der Waals surface area (Å²) in [7, 11) is 1.37. The van der Waals surface area contributed by atoms with Gasteiger partial charge >= 0.3 is 6.16 Å². The molecule has 1 heterocycles. The van der Waals surface area contributed by atoms with Gasteiger partial charge in [0.1, 0.15) is 23.3 Å². The molecule has 1 aromatic rings. The summed E-state index contributed by atoms with van der Waals surface area (Å²) >= 11 is 0. The Morgan fingerprint density at radius 2 is 1.82 bits per heavy atom. The van der Waals surface area contributed by atoms with E-state index in [1.807, 2.05) is 18.7 Å². The summed E-state index contributed by atoms with van der Waals surface area (Å²) in [5.41, 5.74) is -0.0672. The lowest BCUT2D eigenvalue weighted by Gasteiger charge is -2.37. The highest BCUT2D eigenvalue weighted by atomic mass is 16.7. The number of nitriles is 2. The Kier molecular flexibility index (Phi) is 6.37. The second-order valence-corrected chi connectivity index (χ2v) is 7.63. The number of hydrogen-bond donors (Lipinski definition) is 0. The molecular weight excluding hydrogens is 362 g/mol. The lowest BCUT2D eigenvalue weighted by atomic mass is 10.0. The summed E-state index contributed by atoms with van der Waals surface area (Å²) < 4.78 is 21.5. The first kappa shape index (κ1) is 21.3. The van der Waals surface area contributed by atoms with Crippen molar-refractivity contribution < 1.29 is 23.7 Å². The molecule has 1 fully saturated rings. The zero-order valence-corrected chi connectivity index (χ0v) is 17.0. The number of benzene rings is 1. The van der Waals surface area contributed by atoms with E-state index in [2.05, 4.69) is 12.1 Å². The first-order valence-electron chi connectivity index (χ1n) is 8.96. The lowest BCUT2D eigenvalue weighted by molar-refractivity contribution is -0.00532. The molecule has 1 saturated heterocycles. The maximum absolute atomic E-state index is 12.2. The Labute approximate surface area is 165 Å². The van der Waals surface area contributed by atoms with Crippen molar-refractivity contribution >= 4 is 11.8 Å². The molecule has 28 heavy (non-hydrogen) atoms. The number of hydrogen-bond acceptors (Lipinski definition) is 8. The molecule has 0 amide bonds. The maximum Gasteiger partial charge on any atom is 0.514 e. The van der Waals surface area contributed by atoms with E-state index in [4.69, 9.17) is 18.9 Å². The highest BCUT2D eigenvalue weighted by Gasteiger charge is 2.31. The van der Waals surface area contributed by atoms with Crippen molar-refractivity contribution in [1.29, 1.82) is 10.5 Å². The minimum Gasteiger partial charge on any atom is -0.493 e. The van der Waals surface area contributed by atoms with Crippen LogP contribution in [0.4, 0.5) is 10.5 Å². The van der Waals surface area contributed by atoms with Crippen LogP contribution in [0.5, 0.6) is 11.5 Å². The number of ether oxygens (including phenoxy) is 4. The molecule has 0 radical (unpaired) electrons. The predicted molar refractivity (Wildman–Crippen MR) is 102 cm³/mol. The summed E-state index contributed by atoms with van der Waals surface area (Å²) in [5, 5.41) is 19.5. The van der Waals surface area contributed by atoms with Crippen LogP contribution >= 0.6 is 0 Å². The van der Waals surface area contributed by atoms with Crippen LogP contribution in [0.15, 0.2) is 6.07 Å². The maximum atomic E-state index is 12.2. The SMILES string of the molecule is COc1cc(C#N)c(N2CC(C)OC(C)C2)c(C#N)c1OC(=O)OC(C)(C)C. The van der Waals surface area contributed by atoms with Crippen molar-refractivity contribution in [3.05, 3.63) is 17.2 Å².